The Kier molecular flexibility index (Phi) is 5.33. The molecule has 0 aromatic heterocycles. The molecule has 27 heavy (non-hydrogen) atoms. The van der Waals surface area contributed by atoms with Crippen LogP contribution in [0, 0.1) is 10.1 Å². The van der Waals surface area contributed by atoms with Gasteiger partial charge in [-0.2, -0.15) is 0 Å². The lowest BCUT2D eigenvalue weighted by molar-refractivity contribution is -0.384. The Balaban J connectivity index is 1.88. The molecule has 0 fully saturated rings. The molecular formula is C19H13ClN2O5. The van der Waals surface area contributed by atoms with E-state index in [0.29, 0.717) is 5.75 Å². The predicted molar refractivity (Wildman–Crippen MR) is 101 cm³/mol. The Labute approximate surface area is 159 Å². The summed E-state index contributed by atoms with van der Waals surface area (Å²) in [4.78, 5) is 26.5. The van der Waals surface area contributed by atoms with Crippen LogP contribution >= 0.6 is 11.6 Å². The van der Waals surface area contributed by atoms with Crippen molar-refractivity contribution in [3.05, 3.63) is 86.6 Å². The van der Waals surface area contributed by atoms with Gasteiger partial charge in [0, 0.05) is 17.7 Å². The first-order valence-corrected chi connectivity index (χ1v) is 8.14. The van der Waals surface area contributed by atoms with Crippen molar-refractivity contribution in [1.82, 2.24) is 0 Å². The molecule has 0 spiro atoms. The number of hydrogen-bond donors (Lipinski definition) is 0. The Hall–Kier alpha value is -3.45. The van der Waals surface area contributed by atoms with Crippen molar-refractivity contribution in [2.24, 2.45) is 4.99 Å². The van der Waals surface area contributed by atoms with Crippen molar-refractivity contribution in [3.8, 4) is 5.75 Å². The number of esters is 1. The van der Waals surface area contributed by atoms with Crippen molar-refractivity contribution >= 4 is 35.2 Å². The number of carbonyl (C=O) groups is 1. The zero-order chi connectivity index (χ0) is 19.4. The van der Waals surface area contributed by atoms with Gasteiger partial charge in [0.25, 0.3) is 5.69 Å². The number of non-ortho nitro benzene ring substituents is 1. The number of benzene rings is 2. The lowest BCUT2D eigenvalue weighted by Gasteiger charge is -2.02. The SMILES string of the molecule is COc1ccccc1/C=C/C=C1/N=C(c2cc([N+](=O)[O-])ccc2Cl)OC1=O. The number of methoxy groups -OCH3 is 1. The molecular weight excluding hydrogens is 372 g/mol. The highest BCUT2D eigenvalue weighted by molar-refractivity contribution is 6.34. The fraction of sp³-hybridized carbons (Fsp3) is 0.0526. The normalized spacial score (nSPS) is 15.1. The van der Waals surface area contributed by atoms with Gasteiger partial charge in [0.2, 0.25) is 5.90 Å². The molecule has 0 atom stereocenters. The number of para-hydroxylation sites is 1. The first kappa shape index (κ1) is 18.3. The van der Waals surface area contributed by atoms with Gasteiger partial charge < -0.3 is 9.47 Å². The summed E-state index contributed by atoms with van der Waals surface area (Å²) in [6.45, 7) is 0. The number of nitrogens with zero attached hydrogens (tertiary/aromatic N) is 2. The molecule has 136 valence electrons. The number of cyclic esters (lactones) is 1. The monoisotopic (exact) mass is 384 g/mol. The molecule has 0 radical (unpaired) electrons. The van der Waals surface area contributed by atoms with Crippen LogP contribution in [-0.2, 0) is 9.53 Å². The van der Waals surface area contributed by atoms with Gasteiger partial charge in [-0.1, -0.05) is 42.0 Å². The Morgan fingerprint density at radius 3 is 2.78 bits per heavy atom. The highest BCUT2D eigenvalue weighted by Gasteiger charge is 2.26. The lowest BCUT2D eigenvalue weighted by Crippen LogP contribution is -2.06. The maximum atomic E-state index is 12.0. The molecule has 0 unspecified atom stereocenters. The molecule has 0 aliphatic carbocycles. The molecule has 0 bridgehead atoms. The van der Waals surface area contributed by atoms with Crippen LogP contribution in [0.1, 0.15) is 11.1 Å². The summed E-state index contributed by atoms with van der Waals surface area (Å²) < 4.78 is 10.3. The molecule has 2 aromatic rings. The Morgan fingerprint density at radius 1 is 1.26 bits per heavy atom. The topological polar surface area (TPSA) is 91.0 Å². The molecule has 0 amide bonds. The third kappa shape index (κ3) is 4.04. The van der Waals surface area contributed by atoms with Crippen LogP contribution in [0.15, 0.2) is 65.3 Å². The van der Waals surface area contributed by atoms with Gasteiger partial charge >= 0.3 is 5.97 Å². The van der Waals surface area contributed by atoms with Gasteiger partial charge in [-0.15, -0.1) is 0 Å². The van der Waals surface area contributed by atoms with Gasteiger partial charge in [0.1, 0.15) is 5.75 Å². The van der Waals surface area contributed by atoms with Crippen LogP contribution in [0.4, 0.5) is 5.69 Å². The number of allylic oxidation sites excluding steroid dienone is 2. The smallest absolute Gasteiger partial charge is 0.363 e. The van der Waals surface area contributed by atoms with E-state index in [4.69, 9.17) is 21.1 Å². The average molecular weight is 385 g/mol. The molecule has 1 heterocycles. The first-order valence-electron chi connectivity index (χ1n) is 7.76. The fourth-order valence-corrected chi connectivity index (χ4v) is 2.57. The lowest BCUT2D eigenvalue weighted by atomic mass is 10.2. The first-order chi connectivity index (χ1) is 13.0. The van der Waals surface area contributed by atoms with Gasteiger partial charge in [-0.25, -0.2) is 9.79 Å². The minimum absolute atomic E-state index is 0.0544. The molecule has 8 heteroatoms. The summed E-state index contributed by atoms with van der Waals surface area (Å²) in [7, 11) is 1.57. The third-order valence-electron chi connectivity index (χ3n) is 3.68. The number of ether oxygens (including phenoxy) is 2. The summed E-state index contributed by atoms with van der Waals surface area (Å²) in [5.74, 6) is -0.0587. The van der Waals surface area contributed by atoms with E-state index in [2.05, 4.69) is 4.99 Å². The van der Waals surface area contributed by atoms with E-state index >= 15 is 0 Å². The molecule has 0 saturated carbocycles. The van der Waals surface area contributed by atoms with Crippen molar-refractivity contribution in [1.29, 1.82) is 0 Å². The van der Waals surface area contributed by atoms with Crippen LogP contribution in [0.3, 0.4) is 0 Å². The summed E-state index contributed by atoms with van der Waals surface area (Å²) in [6, 6.07) is 11.2. The second-order valence-electron chi connectivity index (χ2n) is 5.38. The number of hydrogen-bond acceptors (Lipinski definition) is 6. The van der Waals surface area contributed by atoms with Gasteiger partial charge in [0.15, 0.2) is 5.70 Å². The van der Waals surface area contributed by atoms with Crippen LogP contribution in [0.5, 0.6) is 5.75 Å². The summed E-state index contributed by atoms with van der Waals surface area (Å²) in [5, 5.41) is 11.1. The molecule has 3 rings (SSSR count). The van der Waals surface area contributed by atoms with Crippen LogP contribution in [0.2, 0.25) is 5.02 Å². The van der Waals surface area contributed by atoms with E-state index in [9.17, 15) is 14.9 Å². The van der Waals surface area contributed by atoms with Crippen molar-refractivity contribution in [3.63, 3.8) is 0 Å². The number of aliphatic imine (C=N–C) groups is 1. The number of carbonyl (C=O) groups excluding carboxylic acids is 1. The van der Waals surface area contributed by atoms with Gasteiger partial charge in [0.05, 0.1) is 22.6 Å². The molecule has 1 aliphatic rings. The maximum Gasteiger partial charge on any atom is 0.363 e. The van der Waals surface area contributed by atoms with Gasteiger partial charge in [-0.05, 0) is 18.2 Å². The molecule has 1 aliphatic heterocycles. The largest absolute Gasteiger partial charge is 0.496 e. The van der Waals surface area contributed by atoms with E-state index in [-0.39, 0.29) is 27.9 Å². The Bertz CT molecular complexity index is 1010. The summed E-state index contributed by atoms with van der Waals surface area (Å²) in [6.07, 6.45) is 4.87. The standard InChI is InChI=1S/C19H13ClN2O5/c1-26-17-8-3-2-5-12(17)6-4-7-16-19(23)27-18(21-16)14-11-13(22(24)25)9-10-15(14)20/h2-11H,1H3/b6-4+,16-7+. The number of rotatable bonds is 5. The van der Waals surface area contributed by atoms with E-state index in [1.54, 1.807) is 19.3 Å². The zero-order valence-electron chi connectivity index (χ0n) is 14.1. The summed E-state index contributed by atoms with van der Waals surface area (Å²) >= 11 is 6.05. The summed E-state index contributed by atoms with van der Waals surface area (Å²) in [5.41, 5.74) is 0.880. The minimum Gasteiger partial charge on any atom is -0.496 e. The number of nitro groups is 1. The number of nitro benzene ring substituents is 1. The van der Waals surface area contributed by atoms with Crippen molar-refractivity contribution < 1.29 is 19.2 Å². The van der Waals surface area contributed by atoms with Crippen LogP contribution in [-0.4, -0.2) is 23.9 Å². The molecule has 0 saturated heterocycles. The van der Waals surface area contributed by atoms with Crippen molar-refractivity contribution in [2.45, 2.75) is 0 Å². The van der Waals surface area contributed by atoms with E-state index in [1.165, 1.54) is 24.3 Å². The zero-order valence-corrected chi connectivity index (χ0v) is 14.8. The third-order valence-corrected chi connectivity index (χ3v) is 4.01. The Morgan fingerprint density at radius 2 is 2.04 bits per heavy atom. The predicted octanol–water partition coefficient (Wildman–Crippen LogP) is 4.16. The van der Waals surface area contributed by atoms with Gasteiger partial charge in [-0.3, -0.25) is 10.1 Å². The highest BCUT2D eigenvalue weighted by atomic mass is 35.5. The quantitative estimate of drug-likeness (QED) is 0.334. The second-order valence-corrected chi connectivity index (χ2v) is 5.79. The molecule has 2 aromatic carbocycles. The van der Waals surface area contributed by atoms with E-state index < -0.39 is 10.9 Å². The minimum atomic E-state index is -0.669. The van der Waals surface area contributed by atoms with Crippen LogP contribution < -0.4 is 4.74 Å². The van der Waals surface area contributed by atoms with Crippen LogP contribution in [0.25, 0.3) is 6.08 Å². The number of halogens is 1. The van der Waals surface area contributed by atoms with Crippen molar-refractivity contribution in [2.75, 3.05) is 7.11 Å². The van der Waals surface area contributed by atoms with E-state index in [0.717, 1.165) is 5.56 Å². The molecule has 7 nitrogen and oxygen atoms in total. The average Bonchev–Trinajstić information content (AvgIpc) is 3.03. The second kappa shape index (κ2) is 7.84. The maximum absolute atomic E-state index is 12.0. The highest BCUT2D eigenvalue weighted by Crippen LogP contribution is 2.26. The fourth-order valence-electron chi connectivity index (χ4n) is 2.38. The van der Waals surface area contributed by atoms with E-state index in [1.807, 2.05) is 24.3 Å². The molecule has 0 N–H and O–H groups in total.